The Morgan fingerprint density at radius 2 is 2.05 bits per heavy atom. The molecule has 21 heavy (non-hydrogen) atoms. The van der Waals surface area contributed by atoms with E-state index in [0.717, 1.165) is 36.6 Å². The summed E-state index contributed by atoms with van der Waals surface area (Å²) in [5.41, 5.74) is 1.15. The Hall–Kier alpha value is -1.16. The van der Waals surface area contributed by atoms with Gasteiger partial charge in [-0.25, -0.2) is 0 Å². The molecule has 0 aliphatic carbocycles. The van der Waals surface area contributed by atoms with Crippen molar-refractivity contribution in [2.24, 2.45) is 0 Å². The Morgan fingerprint density at radius 1 is 1.24 bits per heavy atom. The van der Waals surface area contributed by atoms with Crippen molar-refractivity contribution in [3.63, 3.8) is 0 Å². The summed E-state index contributed by atoms with van der Waals surface area (Å²) < 4.78 is 11.4. The summed E-state index contributed by atoms with van der Waals surface area (Å²) >= 11 is 12.0. The van der Waals surface area contributed by atoms with Gasteiger partial charge in [-0.2, -0.15) is 0 Å². The average Bonchev–Trinajstić information content (AvgIpc) is 2.81. The molecule has 0 atom stereocenters. The van der Waals surface area contributed by atoms with E-state index in [1.165, 1.54) is 0 Å². The minimum absolute atomic E-state index is 0.328. The maximum absolute atomic E-state index is 6.06. The van der Waals surface area contributed by atoms with Crippen LogP contribution in [0, 0.1) is 6.92 Å². The van der Waals surface area contributed by atoms with E-state index in [9.17, 15) is 0 Å². The van der Waals surface area contributed by atoms with Gasteiger partial charge < -0.3 is 14.5 Å². The maximum atomic E-state index is 6.06. The highest BCUT2D eigenvalue weighted by atomic mass is 35.5. The number of aryl methyl sites for hydroxylation is 1. The zero-order chi connectivity index (χ0) is 15.2. The van der Waals surface area contributed by atoms with Crippen molar-refractivity contribution >= 4 is 23.2 Å². The van der Waals surface area contributed by atoms with Crippen LogP contribution >= 0.6 is 23.2 Å². The van der Waals surface area contributed by atoms with E-state index in [2.05, 4.69) is 12.2 Å². The Bertz CT molecular complexity index is 596. The molecule has 2 rings (SSSR count). The zero-order valence-electron chi connectivity index (χ0n) is 12.2. The molecule has 0 fully saturated rings. The van der Waals surface area contributed by atoms with Gasteiger partial charge in [0.2, 0.25) is 0 Å². The van der Waals surface area contributed by atoms with Gasteiger partial charge in [-0.1, -0.05) is 30.1 Å². The van der Waals surface area contributed by atoms with Crippen molar-refractivity contribution in [1.82, 2.24) is 5.32 Å². The van der Waals surface area contributed by atoms with Crippen molar-refractivity contribution in [3.05, 3.63) is 51.4 Å². The van der Waals surface area contributed by atoms with Crippen molar-refractivity contribution in [3.8, 4) is 5.75 Å². The minimum Gasteiger partial charge on any atom is -0.484 e. The molecule has 0 amide bonds. The molecule has 0 saturated heterocycles. The van der Waals surface area contributed by atoms with Crippen LogP contribution in [0.3, 0.4) is 0 Å². The van der Waals surface area contributed by atoms with Crippen LogP contribution in [0.2, 0.25) is 10.0 Å². The summed E-state index contributed by atoms with van der Waals surface area (Å²) in [4.78, 5) is 0. The summed E-state index contributed by atoms with van der Waals surface area (Å²) in [5, 5.41) is 4.48. The minimum atomic E-state index is 0.328. The third kappa shape index (κ3) is 4.67. The topological polar surface area (TPSA) is 34.4 Å². The molecule has 0 bridgehead atoms. The molecule has 2 aromatic rings. The van der Waals surface area contributed by atoms with Crippen LogP contribution in [0.25, 0.3) is 0 Å². The molecule has 1 N–H and O–H groups in total. The fraction of sp³-hybridized carbons (Fsp3) is 0.375. The Kier molecular flexibility index (Phi) is 5.97. The molecule has 0 aliphatic rings. The number of hydrogen-bond donors (Lipinski definition) is 1. The SMILES string of the molecule is CCCNCc1cc(COc2cc(Cl)ccc2Cl)oc1C. The first-order chi connectivity index (χ1) is 10.1. The molecule has 0 radical (unpaired) electrons. The fourth-order valence-corrected chi connectivity index (χ4v) is 2.30. The van der Waals surface area contributed by atoms with Gasteiger partial charge in [0.25, 0.3) is 0 Å². The van der Waals surface area contributed by atoms with Crippen molar-refractivity contribution in [2.45, 2.75) is 33.4 Å². The lowest BCUT2D eigenvalue weighted by Gasteiger charge is -2.06. The number of hydrogen-bond acceptors (Lipinski definition) is 3. The first kappa shape index (κ1) is 16.2. The second kappa shape index (κ2) is 7.74. The van der Waals surface area contributed by atoms with Crippen molar-refractivity contribution < 1.29 is 9.15 Å². The van der Waals surface area contributed by atoms with E-state index in [1.54, 1.807) is 18.2 Å². The summed E-state index contributed by atoms with van der Waals surface area (Å²) in [6, 6.07) is 7.15. The summed E-state index contributed by atoms with van der Waals surface area (Å²) in [5.74, 6) is 2.25. The van der Waals surface area contributed by atoms with Crippen LogP contribution in [0.1, 0.15) is 30.4 Å². The molecular weight excluding hydrogens is 309 g/mol. The van der Waals surface area contributed by atoms with Gasteiger partial charge in [-0.15, -0.1) is 0 Å². The van der Waals surface area contributed by atoms with Crippen LogP contribution in [0.5, 0.6) is 5.75 Å². The number of rotatable bonds is 7. The van der Waals surface area contributed by atoms with Gasteiger partial charge >= 0.3 is 0 Å². The first-order valence-electron chi connectivity index (χ1n) is 6.97. The smallest absolute Gasteiger partial charge is 0.146 e. The third-order valence-corrected chi connectivity index (χ3v) is 3.62. The van der Waals surface area contributed by atoms with Crippen LogP contribution in [0.4, 0.5) is 0 Å². The zero-order valence-corrected chi connectivity index (χ0v) is 13.7. The number of benzene rings is 1. The quantitative estimate of drug-likeness (QED) is 0.729. The number of halogens is 2. The standard InChI is InChI=1S/C16H19Cl2NO2/c1-3-6-19-9-12-7-14(21-11(12)2)10-20-16-8-13(17)4-5-15(16)18/h4-5,7-8,19H,3,6,9-10H2,1-2H3. The number of ether oxygens (including phenoxy) is 1. The summed E-state index contributed by atoms with van der Waals surface area (Å²) in [6.07, 6.45) is 1.11. The van der Waals surface area contributed by atoms with Gasteiger partial charge in [-0.05, 0) is 38.1 Å². The molecule has 114 valence electrons. The molecule has 1 heterocycles. The Balaban J connectivity index is 1.97. The van der Waals surface area contributed by atoms with Crippen LogP contribution < -0.4 is 10.1 Å². The number of nitrogens with one attached hydrogen (secondary N) is 1. The van der Waals surface area contributed by atoms with Gasteiger partial charge in [0.1, 0.15) is 23.9 Å². The van der Waals surface area contributed by atoms with E-state index in [4.69, 9.17) is 32.4 Å². The second-order valence-electron chi connectivity index (χ2n) is 4.83. The predicted octanol–water partition coefficient (Wildman–Crippen LogP) is 4.97. The monoisotopic (exact) mass is 327 g/mol. The molecule has 1 aromatic carbocycles. The summed E-state index contributed by atoms with van der Waals surface area (Å²) in [7, 11) is 0. The average molecular weight is 328 g/mol. The van der Waals surface area contributed by atoms with Crippen molar-refractivity contribution in [1.29, 1.82) is 0 Å². The molecule has 0 spiro atoms. The molecule has 0 unspecified atom stereocenters. The van der Waals surface area contributed by atoms with E-state index in [-0.39, 0.29) is 0 Å². The van der Waals surface area contributed by atoms with Gasteiger partial charge in [0, 0.05) is 23.2 Å². The Labute approximate surface area is 135 Å². The lowest BCUT2D eigenvalue weighted by Crippen LogP contribution is -2.13. The van der Waals surface area contributed by atoms with E-state index >= 15 is 0 Å². The lowest BCUT2D eigenvalue weighted by molar-refractivity contribution is 0.267. The molecule has 3 nitrogen and oxygen atoms in total. The summed E-state index contributed by atoms with van der Waals surface area (Å²) in [6.45, 7) is 6.23. The highest BCUT2D eigenvalue weighted by Gasteiger charge is 2.09. The van der Waals surface area contributed by atoms with E-state index in [0.29, 0.717) is 22.4 Å². The van der Waals surface area contributed by atoms with Crippen molar-refractivity contribution in [2.75, 3.05) is 6.54 Å². The molecule has 0 aliphatic heterocycles. The van der Waals surface area contributed by atoms with E-state index in [1.807, 2.05) is 13.0 Å². The third-order valence-electron chi connectivity index (χ3n) is 3.08. The largest absolute Gasteiger partial charge is 0.484 e. The molecule has 5 heteroatoms. The molecule has 1 aromatic heterocycles. The first-order valence-corrected chi connectivity index (χ1v) is 7.72. The van der Waals surface area contributed by atoms with Gasteiger partial charge in [0.15, 0.2) is 0 Å². The maximum Gasteiger partial charge on any atom is 0.146 e. The second-order valence-corrected chi connectivity index (χ2v) is 5.68. The number of furan rings is 1. The lowest BCUT2D eigenvalue weighted by atomic mass is 10.2. The van der Waals surface area contributed by atoms with Crippen LogP contribution in [-0.2, 0) is 13.2 Å². The van der Waals surface area contributed by atoms with Gasteiger partial charge in [0.05, 0.1) is 5.02 Å². The van der Waals surface area contributed by atoms with Gasteiger partial charge in [-0.3, -0.25) is 0 Å². The molecular formula is C16H19Cl2NO2. The Morgan fingerprint density at radius 3 is 2.81 bits per heavy atom. The van der Waals surface area contributed by atoms with Crippen LogP contribution in [0.15, 0.2) is 28.7 Å². The normalized spacial score (nSPS) is 10.9. The highest BCUT2D eigenvalue weighted by molar-refractivity contribution is 6.34. The fourth-order valence-electron chi connectivity index (χ4n) is 1.97. The predicted molar refractivity (Wildman–Crippen MR) is 86.2 cm³/mol. The van der Waals surface area contributed by atoms with E-state index < -0.39 is 0 Å². The van der Waals surface area contributed by atoms with Crippen LogP contribution in [-0.4, -0.2) is 6.54 Å². The highest BCUT2D eigenvalue weighted by Crippen LogP contribution is 2.28. The molecule has 0 saturated carbocycles.